The lowest BCUT2D eigenvalue weighted by atomic mass is 9.41. The van der Waals surface area contributed by atoms with E-state index in [-0.39, 0.29) is 29.0 Å². The van der Waals surface area contributed by atoms with Crippen molar-refractivity contribution in [2.45, 2.75) is 83.8 Å². The Hall–Kier alpha value is -0.120. The highest BCUT2D eigenvalue weighted by Crippen LogP contribution is 2.72. The molecule has 0 aromatic carbocycles. The van der Waals surface area contributed by atoms with E-state index in [9.17, 15) is 15.3 Å². The van der Waals surface area contributed by atoms with E-state index in [0.29, 0.717) is 17.8 Å². The molecule has 4 rings (SSSR count). The summed E-state index contributed by atoms with van der Waals surface area (Å²) in [5, 5.41) is 31.3. The van der Waals surface area contributed by atoms with Crippen LogP contribution in [0.4, 0.5) is 0 Å². The number of hydrogen-bond donors (Lipinski definition) is 3. The Morgan fingerprint density at radius 3 is 2.39 bits per heavy atom. The van der Waals surface area contributed by atoms with Crippen molar-refractivity contribution in [2.24, 2.45) is 34.0 Å². The molecule has 4 saturated carbocycles. The van der Waals surface area contributed by atoms with Crippen LogP contribution < -0.4 is 0 Å². The molecule has 0 amide bonds. The van der Waals surface area contributed by atoms with Crippen LogP contribution in [0.25, 0.3) is 0 Å². The summed E-state index contributed by atoms with van der Waals surface area (Å²) in [6, 6.07) is 0. The Morgan fingerprint density at radius 2 is 1.70 bits per heavy atom. The third-order valence-corrected chi connectivity index (χ3v) is 9.12. The zero-order chi connectivity index (χ0) is 16.7. The summed E-state index contributed by atoms with van der Waals surface area (Å²) >= 11 is 0. The van der Waals surface area contributed by atoms with Gasteiger partial charge >= 0.3 is 0 Å². The maximum Gasteiger partial charge on any atom is 0.0910 e. The Morgan fingerprint density at radius 1 is 0.957 bits per heavy atom. The van der Waals surface area contributed by atoms with Gasteiger partial charge < -0.3 is 15.3 Å². The molecule has 4 aliphatic rings. The average Bonchev–Trinajstić information content (AvgIpc) is 2.70. The van der Waals surface area contributed by atoms with Crippen molar-refractivity contribution in [3.8, 4) is 0 Å². The fourth-order valence-corrected chi connectivity index (χ4v) is 8.02. The minimum absolute atomic E-state index is 0.00263. The van der Waals surface area contributed by atoms with E-state index in [1.54, 1.807) is 0 Å². The zero-order valence-electron chi connectivity index (χ0n) is 15.0. The molecule has 7 unspecified atom stereocenters. The Balaban J connectivity index is 1.72. The summed E-state index contributed by atoms with van der Waals surface area (Å²) in [5.74, 6) is 1.53. The number of aliphatic hydroxyl groups is 3. The van der Waals surface area contributed by atoms with E-state index >= 15 is 0 Å². The molecule has 23 heavy (non-hydrogen) atoms. The Bertz CT molecular complexity index is 503. The number of hydrogen-bond acceptors (Lipinski definition) is 3. The quantitative estimate of drug-likeness (QED) is 0.695. The molecule has 3 heteroatoms. The second kappa shape index (κ2) is 4.74. The van der Waals surface area contributed by atoms with Crippen molar-refractivity contribution in [1.29, 1.82) is 0 Å². The smallest absolute Gasteiger partial charge is 0.0910 e. The topological polar surface area (TPSA) is 60.7 Å². The number of rotatable bonds is 1. The van der Waals surface area contributed by atoms with E-state index < -0.39 is 5.60 Å². The van der Waals surface area contributed by atoms with Gasteiger partial charge in [0, 0.05) is 0 Å². The fraction of sp³-hybridized carbons (Fsp3) is 1.00. The molecule has 0 radical (unpaired) electrons. The van der Waals surface area contributed by atoms with Crippen molar-refractivity contribution in [3.05, 3.63) is 0 Å². The van der Waals surface area contributed by atoms with Crippen LogP contribution in [-0.2, 0) is 0 Å². The predicted octanol–water partition coefficient (Wildman–Crippen LogP) is 3.11. The molecule has 3 nitrogen and oxygen atoms in total. The first-order valence-electron chi connectivity index (χ1n) is 9.69. The van der Waals surface area contributed by atoms with Gasteiger partial charge in [-0.3, -0.25) is 0 Å². The van der Waals surface area contributed by atoms with Gasteiger partial charge in [-0.2, -0.15) is 0 Å². The molecule has 7 atom stereocenters. The molecule has 1 spiro atoms. The van der Waals surface area contributed by atoms with Gasteiger partial charge in [0.05, 0.1) is 18.3 Å². The summed E-state index contributed by atoms with van der Waals surface area (Å²) in [6.45, 7) is 6.94. The van der Waals surface area contributed by atoms with Crippen LogP contribution in [0, 0.1) is 34.0 Å². The molecule has 0 aromatic heterocycles. The van der Waals surface area contributed by atoms with Crippen LogP contribution in [0.5, 0.6) is 0 Å². The summed E-state index contributed by atoms with van der Waals surface area (Å²) < 4.78 is 0. The molecule has 3 N–H and O–H groups in total. The molecular formula is C20H34O3. The highest BCUT2D eigenvalue weighted by Gasteiger charge is 2.67. The lowest BCUT2D eigenvalue weighted by Gasteiger charge is -2.64. The van der Waals surface area contributed by atoms with Gasteiger partial charge in [0.15, 0.2) is 0 Å². The van der Waals surface area contributed by atoms with Crippen LogP contribution in [0.2, 0.25) is 0 Å². The predicted molar refractivity (Wildman–Crippen MR) is 89.8 cm³/mol. The van der Waals surface area contributed by atoms with Crippen molar-refractivity contribution in [2.75, 3.05) is 6.61 Å². The second-order valence-electron chi connectivity index (χ2n) is 10.3. The first-order chi connectivity index (χ1) is 10.7. The Labute approximate surface area is 140 Å². The average molecular weight is 322 g/mol. The zero-order valence-corrected chi connectivity index (χ0v) is 15.0. The highest BCUT2D eigenvalue weighted by atomic mass is 16.3. The van der Waals surface area contributed by atoms with Crippen molar-refractivity contribution in [1.82, 2.24) is 0 Å². The first-order valence-corrected chi connectivity index (χ1v) is 9.69. The molecule has 0 heterocycles. The summed E-state index contributed by atoms with van der Waals surface area (Å²) in [7, 11) is 0. The maximum atomic E-state index is 10.9. The summed E-state index contributed by atoms with van der Waals surface area (Å²) in [4.78, 5) is 0. The molecule has 2 bridgehead atoms. The maximum absolute atomic E-state index is 10.9. The summed E-state index contributed by atoms with van der Waals surface area (Å²) in [5.41, 5.74) is -0.310. The van der Waals surface area contributed by atoms with E-state index in [4.69, 9.17) is 0 Å². The van der Waals surface area contributed by atoms with E-state index in [1.807, 2.05) is 0 Å². The molecule has 0 aliphatic heterocycles. The van der Waals surface area contributed by atoms with Crippen LogP contribution in [0.1, 0.15) is 72.1 Å². The molecule has 4 aliphatic carbocycles. The van der Waals surface area contributed by atoms with E-state index in [0.717, 1.165) is 32.1 Å². The van der Waals surface area contributed by atoms with Gasteiger partial charge in [0.2, 0.25) is 0 Å². The minimum Gasteiger partial charge on any atom is -0.393 e. The van der Waals surface area contributed by atoms with Gasteiger partial charge in [-0.15, -0.1) is 0 Å². The SMILES string of the molecule is CC1(C)C(O)CCC2(C)C3CCC4CC3(CCC12)CC4(O)CO. The van der Waals surface area contributed by atoms with Crippen LogP contribution >= 0.6 is 0 Å². The van der Waals surface area contributed by atoms with E-state index in [2.05, 4.69) is 20.8 Å². The van der Waals surface area contributed by atoms with Crippen molar-refractivity contribution in [3.63, 3.8) is 0 Å². The third-order valence-electron chi connectivity index (χ3n) is 9.12. The standard InChI is InChI=1S/C20H34O3/c1-17(2)14-6-9-19-10-13(20(23,11-19)12-21)4-5-15(19)18(14,3)8-7-16(17)22/h13-16,21-23H,4-12H2,1-3H3. The van der Waals surface area contributed by atoms with Gasteiger partial charge in [0.1, 0.15) is 0 Å². The number of fused-ring (bicyclic) bond motifs is 3. The molecule has 4 fully saturated rings. The van der Waals surface area contributed by atoms with Gasteiger partial charge in [-0.1, -0.05) is 20.8 Å². The molecular weight excluding hydrogens is 288 g/mol. The first kappa shape index (κ1) is 16.4. The van der Waals surface area contributed by atoms with Crippen LogP contribution in [0.15, 0.2) is 0 Å². The monoisotopic (exact) mass is 322 g/mol. The lowest BCUT2D eigenvalue weighted by molar-refractivity contribution is -0.180. The third kappa shape index (κ3) is 1.93. The van der Waals surface area contributed by atoms with Gasteiger partial charge in [0.25, 0.3) is 0 Å². The van der Waals surface area contributed by atoms with Crippen molar-refractivity contribution >= 4 is 0 Å². The normalized spacial score (nSPS) is 57.7. The van der Waals surface area contributed by atoms with Crippen molar-refractivity contribution < 1.29 is 15.3 Å². The highest BCUT2D eigenvalue weighted by molar-refractivity contribution is 5.17. The Kier molecular flexibility index (Phi) is 3.37. The fourth-order valence-electron chi connectivity index (χ4n) is 8.02. The van der Waals surface area contributed by atoms with Crippen LogP contribution in [-0.4, -0.2) is 33.6 Å². The molecule has 0 saturated heterocycles. The van der Waals surface area contributed by atoms with Gasteiger partial charge in [-0.25, -0.2) is 0 Å². The second-order valence-corrected chi connectivity index (χ2v) is 10.3. The number of aliphatic hydroxyl groups excluding tert-OH is 2. The molecule has 0 aromatic rings. The largest absolute Gasteiger partial charge is 0.393 e. The van der Waals surface area contributed by atoms with Crippen LogP contribution in [0.3, 0.4) is 0 Å². The molecule has 132 valence electrons. The summed E-state index contributed by atoms with van der Waals surface area (Å²) in [6.07, 6.45) is 8.39. The van der Waals surface area contributed by atoms with E-state index in [1.165, 1.54) is 19.3 Å². The minimum atomic E-state index is -0.832. The lowest BCUT2D eigenvalue weighted by Crippen LogP contribution is -2.59. The van der Waals surface area contributed by atoms with Gasteiger partial charge in [-0.05, 0) is 85.4 Å².